The molecule has 1 aromatic heterocycles. The molecule has 1 aliphatic heterocycles. The predicted octanol–water partition coefficient (Wildman–Crippen LogP) is 5.13. The van der Waals surface area contributed by atoms with Crippen molar-refractivity contribution in [1.82, 2.24) is 8.87 Å². The van der Waals surface area contributed by atoms with E-state index < -0.39 is 16.0 Å². The second-order valence-electron chi connectivity index (χ2n) is 8.70. The summed E-state index contributed by atoms with van der Waals surface area (Å²) >= 11 is 7.84. The minimum Gasteiger partial charge on any atom is -0.480 e. The van der Waals surface area contributed by atoms with Crippen molar-refractivity contribution >= 4 is 50.3 Å². The second kappa shape index (κ2) is 9.70. The molecule has 0 aliphatic carbocycles. The Morgan fingerprint density at radius 1 is 1.21 bits per heavy atom. The molecule has 1 saturated heterocycles. The molecule has 2 aromatic carbocycles. The summed E-state index contributed by atoms with van der Waals surface area (Å²) < 4.78 is 29.6. The number of hydrogen-bond donors (Lipinski definition) is 1. The summed E-state index contributed by atoms with van der Waals surface area (Å²) in [6.07, 6.45) is 3.30. The molecule has 33 heavy (non-hydrogen) atoms. The highest BCUT2D eigenvalue weighted by atomic mass is 35.5. The third-order valence-corrected chi connectivity index (χ3v) is 8.95. The van der Waals surface area contributed by atoms with Crippen molar-refractivity contribution < 1.29 is 18.3 Å². The molecule has 1 fully saturated rings. The Morgan fingerprint density at radius 3 is 2.61 bits per heavy atom. The molecule has 0 spiro atoms. The molecule has 1 aliphatic rings. The zero-order valence-corrected chi connectivity index (χ0v) is 21.0. The van der Waals surface area contributed by atoms with Crippen LogP contribution in [-0.2, 0) is 27.8 Å². The molecular formula is C24H27ClN2O4S2. The van der Waals surface area contributed by atoms with Gasteiger partial charge < -0.3 is 9.67 Å². The van der Waals surface area contributed by atoms with E-state index in [-0.39, 0.29) is 12.5 Å². The van der Waals surface area contributed by atoms with E-state index in [1.807, 2.05) is 24.4 Å². The Labute approximate surface area is 203 Å². The number of rotatable bonds is 8. The van der Waals surface area contributed by atoms with Gasteiger partial charge >= 0.3 is 5.97 Å². The molecule has 1 N–H and O–H groups in total. The summed E-state index contributed by atoms with van der Waals surface area (Å²) in [5.41, 5.74) is 1.80. The summed E-state index contributed by atoms with van der Waals surface area (Å²) in [4.78, 5) is 12.7. The highest BCUT2D eigenvalue weighted by Crippen LogP contribution is 2.32. The van der Waals surface area contributed by atoms with Gasteiger partial charge in [0.15, 0.2) is 0 Å². The summed E-state index contributed by atoms with van der Waals surface area (Å²) in [5, 5.41) is 11.2. The van der Waals surface area contributed by atoms with Crippen molar-refractivity contribution in [1.29, 1.82) is 0 Å². The summed E-state index contributed by atoms with van der Waals surface area (Å²) in [5.74, 6) is -0.760. The van der Waals surface area contributed by atoms with Crippen LogP contribution in [-0.4, -0.2) is 46.7 Å². The molecule has 6 nitrogen and oxygen atoms in total. The van der Waals surface area contributed by atoms with Crippen LogP contribution >= 0.6 is 23.4 Å². The Hall–Kier alpha value is -2.00. The van der Waals surface area contributed by atoms with Gasteiger partial charge in [-0.15, -0.1) is 11.8 Å². The van der Waals surface area contributed by atoms with E-state index in [9.17, 15) is 18.3 Å². The fraction of sp³-hybridized carbons (Fsp3) is 0.375. The van der Waals surface area contributed by atoms with E-state index in [0.29, 0.717) is 34.7 Å². The van der Waals surface area contributed by atoms with Crippen LogP contribution in [0.25, 0.3) is 10.9 Å². The standard InChI is InChI=1S/C24H27ClN2O4S2/c1-16(2)32-20-4-6-21(7-5-20)33(30,31)27-10-9-17(13-27)11-18-14-26(15-24(28)29)23-12-19(25)3-8-22(18)23/h3-8,12,14,16-17H,9-11,13,15H2,1-2H3,(H,28,29). The average Bonchev–Trinajstić information content (AvgIpc) is 3.33. The van der Waals surface area contributed by atoms with Gasteiger partial charge in [0.1, 0.15) is 6.54 Å². The number of carbonyl (C=O) groups is 1. The number of hydrogen-bond acceptors (Lipinski definition) is 4. The van der Waals surface area contributed by atoms with Gasteiger partial charge in [0.25, 0.3) is 0 Å². The fourth-order valence-electron chi connectivity index (χ4n) is 4.38. The lowest BCUT2D eigenvalue weighted by Crippen LogP contribution is -2.29. The van der Waals surface area contributed by atoms with Gasteiger partial charge in [-0.1, -0.05) is 31.5 Å². The molecule has 0 amide bonds. The number of carboxylic acids is 1. The molecular weight excluding hydrogens is 480 g/mol. The van der Waals surface area contributed by atoms with Gasteiger partial charge in [-0.05, 0) is 60.7 Å². The zero-order chi connectivity index (χ0) is 23.8. The maximum Gasteiger partial charge on any atom is 0.323 e. The van der Waals surface area contributed by atoms with Gasteiger partial charge in [0.2, 0.25) is 10.0 Å². The smallest absolute Gasteiger partial charge is 0.323 e. The molecule has 1 unspecified atom stereocenters. The first-order valence-electron chi connectivity index (χ1n) is 10.9. The number of carboxylic acid groups (broad SMARTS) is 1. The lowest BCUT2D eigenvalue weighted by molar-refractivity contribution is -0.137. The number of aromatic nitrogens is 1. The van der Waals surface area contributed by atoms with E-state index in [2.05, 4.69) is 13.8 Å². The lowest BCUT2D eigenvalue weighted by Gasteiger charge is -2.17. The Kier molecular flexibility index (Phi) is 7.09. The van der Waals surface area contributed by atoms with Gasteiger partial charge in [-0.25, -0.2) is 8.42 Å². The third kappa shape index (κ3) is 5.40. The van der Waals surface area contributed by atoms with Crippen LogP contribution in [0.1, 0.15) is 25.8 Å². The Balaban J connectivity index is 1.50. The van der Waals surface area contributed by atoms with Gasteiger partial charge in [0.05, 0.1) is 10.4 Å². The number of halogens is 1. The Bertz CT molecular complexity index is 1270. The average molecular weight is 507 g/mol. The molecule has 1 atom stereocenters. The van der Waals surface area contributed by atoms with Crippen molar-refractivity contribution in [2.75, 3.05) is 13.1 Å². The summed E-state index contributed by atoms with van der Waals surface area (Å²) in [7, 11) is -3.54. The molecule has 176 valence electrons. The fourth-order valence-corrected chi connectivity index (χ4v) is 6.92. The van der Waals surface area contributed by atoms with Crippen molar-refractivity contribution in [3.8, 4) is 0 Å². The highest BCUT2D eigenvalue weighted by molar-refractivity contribution is 7.99. The summed E-state index contributed by atoms with van der Waals surface area (Å²) in [6.45, 7) is 4.99. The maximum absolute atomic E-state index is 13.2. The van der Waals surface area contributed by atoms with Gasteiger partial charge in [-0.2, -0.15) is 4.31 Å². The van der Waals surface area contributed by atoms with E-state index >= 15 is 0 Å². The number of nitrogens with zero attached hydrogens (tertiary/aromatic N) is 2. The first-order chi connectivity index (χ1) is 15.6. The van der Waals surface area contributed by atoms with Crippen molar-refractivity contribution in [2.45, 2.75) is 48.3 Å². The number of benzene rings is 2. The van der Waals surface area contributed by atoms with Crippen molar-refractivity contribution in [2.24, 2.45) is 5.92 Å². The SMILES string of the molecule is CC(C)Sc1ccc(S(=O)(=O)N2CCC(Cc3cn(CC(=O)O)c4cc(Cl)ccc34)C2)cc1. The lowest BCUT2D eigenvalue weighted by atomic mass is 9.98. The van der Waals surface area contributed by atoms with E-state index in [1.54, 1.807) is 44.9 Å². The number of aliphatic carboxylic acids is 1. The normalized spacial score (nSPS) is 17.3. The monoisotopic (exact) mass is 506 g/mol. The minimum absolute atomic E-state index is 0.146. The van der Waals surface area contributed by atoms with Crippen LogP contribution in [0, 0.1) is 5.92 Å². The molecule has 0 radical (unpaired) electrons. The first kappa shape index (κ1) is 24.1. The van der Waals surface area contributed by atoms with Gasteiger partial charge in [0, 0.05) is 39.8 Å². The molecule has 0 saturated carbocycles. The topological polar surface area (TPSA) is 79.6 Å². The van der Waals surface area contributed by atoms with Crippen LogP contribution in [0.5, 0.6) is 0 Å². The molecule has 0 bridgehead atoms. The van der Waals surface area contributed by atoms with Crippen LogP contribution in [0.2, 0.25) is 5.02 Å². The van der Waals surface area contributed by atoms with E-state index in [1.165, 1.54) is 0 Å². The third-order valence-electron chi connectivity index (χ3n) is 5.82. The first-order valence-corrected chi connectivity index (χ1v) is 13.6. The van der Waals surface area contributed by atoms with Crippen molar-refractivity contribution in [3.63, 3.8) is 0 Å². The zero-order valence-electron chi connectivity index (χ0n) is 18.6. The largest absolute Gasteiger partial charge is 0.480 e. The predicted molar refractivity (Wildman–Crippen MR) is 133 cm³/mol. The van der Waals surface area contributed by atoms with Crippen LogP contribution < -0.4 is 0 Å². The Morgan fingerprint density at radius 2 is 1.94 bits per heavy atom. The van der Waals surface area contributed by atoms with Crippen molar-refractivity contribution in [3.05, 3.63) is 59.2 Å². The molecule has 3 aromatic rings. The van der Waals surface area contributed by atoms with E-state index in [4.69, 9.17) is 11.6 Å². The summed E-state index contributed by atoms with van der Waals surface area (Å²) in [6, 6.07) is 12.6. The molecule has 9 heteroatoms. The maximum atomic E-state index is 13.2. The second-order valence-corrected chi connectivity index (χ2v) is 12.7. The van der Waals surface area contributed by atoms with Crippen LogP contribution in [0.4, 0.5) is 0 Å². The minimum atomic E-state index is -3.54. The molecule has 2 heterocycles. The highest BCUT2D eigenvalue weighted by Gasteiger charge is 2.33. The quantitative estimate of drug-likeness (QED) is 0.428. The number of fused-ring (bicyclic) bond motifs is 1. The van der Waals surface area contributed by atoms with E-state index in [0.717, 1.165) is 27.8 Å². The number of thioether (sulfide) groups is 1. The number of sulfonamides is 1. The van der Waals surface area contributed by atoms with Crippen LogP contribution in [0.15, 0.2) is 58.5 Å². The van der Waals surface area contributed by atoms with Crippen LogP contribution in [0.3, 0.4) is 0 Å². The molecule has 4 rings (SSSR count). The van der Waals surface area contributed by atoms with Gasteiger partial charge in [-0.3, -0.25) is 4.79 Å².